The Morgan fingerprint density at radius 1 is 1.06 bits per heavy atom. The van der Waals surface area contributed by atoms with E-state index in [2.05, 4.69) is 4.98 Å². The Labute approximate surface area is 199 Å². The molecule has 0 aliphatic carbocycles. The summed E-state index contributed by atoms with van der Waals surface area (Å²) in [5, 5.41) is 0. The number of rotatable bonds is 9. The molecule has 0 atom stereocenters. The number of aryl methyl sites for hydroxylation is 2. The molecule has 0 aliphatic rings. The number of nitrogen functional groups attached to an aromatic ring is 1. The number of hydrogen-bond donors (Lipinski definition) is 2. The van der Waals surface area contributed by atoms with Crippen molar-refractivity contribution < 1.29 is 9.53 Å². The van der Waals surface area contributed by atoms with Gasteiger partial charge in [-0.3, -0.25) is 19.1 Å². The van der Waals surface area contributed by atoms with Crippen LogP contribution in [-0.2, 0) is 11.3 Å². The molecule has 0 fully saturated rings. The van der Waals surface area contributed by atoms with Crippen molar-refractivity contribution in [3.05, 3.63) is 86.1 Å². The summed E-state index contributed by atoms with van der Waals surface area (Å²) < 4.78 is 7.13. The number of amides is 1. The number of nitrogens with two attached hydrogens (primary N) is 1. The van der Waals surface area contributed by atoms with Gasteiger partial charge in [0.2, 0.25) is 0 Å². The zero-order valence-corrected chi connectivity index (χ0v) is 20.1. The highest BCUT2D eigenvalue weighted by Gasteiger charge is 2.25. The van der Waals surface area contributed by atoms with Crippen LogP contribution in [0.2, 0.25) is 0 Å². The lowest BCUT2D eigenvalue weighted by Gasteiger charge is -2.25. The number of H-pyrrole nitrogens is 1. The number of aromatic nitrogens is 2. The van der Waals surface area contributed by atoms with Gasteiger partial charge >= 0.3 is 5.69 Å². The van der Waals surface area contributed by atoms with Gasteiger partial charge in [-0.1, -0.05) is 62.4 Å². The average Bonchev–Trinajstić information content (AvgIpc) is 2.78. The predicted molar refractivity (Wildman–Crippen MR) is 134 cm³/mol. The first kappa shape index (κ1) is 24.8. The van der Waals surface area contributed by atoms with E-state index in [-0.39, 0.29) is 37.1 Å². The highest BCUT2D eigenvalue weighted by Crippen LogP contribution is 2.24. The van der Waals surface area contributed by atoms with E-state index in [1.165, 1.54) is 9.47 Å². The van der Waals surface area contributed by atoms with Crippen LogP contribution in [0.15, 0.2) is 58.1 Å². The van der Waals surface area contributed by atoms with Gasteiger partial charge in [0.25, 0.3) is 11.5 Å². The number of aromatic amines is 1. The number of carbonyl (C=O) groups is 1. The van der Waals surface area contributed by atoms with Crippen molar-refractivity contribution in [1.29, 1.82) is 0 Å². The smallest absolute Gasteiger partial charge is 0.330 e. The Balaban J connectivity index is 1.97. The molecule has 8 heteroatoms. The van der Waals surface area contributed by atoms with Gasteiger partial charge in [-0.05, 0) is 42.9 Å². The van der Waals surface area contributed by atoms with Crippen LogP contribution in [0.1, 0.15) is 37.0 Å². The first-order chi connectivity index (χ1) is 16.2. The van der Waals surface area contributed by atoms with Gasteiger partial charge in [0.15, 0.2) is 12.3 Å². The fraction of sp³-hybridized carbons (Fsp3) is 0.346. The largest absolute Gasteiger partial charge is 0.483 e. The van der Waals surface area contributed by atoms with Gasteiger partial charge in [0.05, 0.1) is 6.54 Å². The molecular formula is C26H32N4O4. The Morgan fingerprint density at radius 2 is 1.71 bits per heavy atom. The second-order valence-electron chi connectivity index (χ2n) is 8.80. The molecule has 0 unspecified atom stereocenters. The number of ether oxygens (including phenoxy) is 1. The number of anilines is 2. The average molecular weight is 465 g/mol. The van der Waals surface area contributed by atoms with Crippen LogP contribution in [0.3, 0.4) is 0 Å². The summed E-state index contributed by atoms with van der Waals surface area (Å²) in [6, 6.07) is 15.0. The minimum absolute atomic E-state index is 0.0358. The van der Waals surface area contributed by atoms with Crippen LogP contribution >= 0.6 is 0 Å². The van der Waals surface area contributed by atoms with E-state index < -0.39 is 17.2 Å². The molecule has 180 valence electrons. The molecule has 1 heterocycles. The van der Waals surface area contributed by atoms with E-state index in [0.29, 0.717) is 12.2 Å². The lowest BCUT2D eigenvalue weighted by atomic mass is 10.1. The molecule has 0 saturated carbocycles. The topological polar surface area (TPSA) is 110 Å². The van der Waals surface area contributed by atoms with Crippen LogP contribution < -0.4 is 26.6 Å². The van der Waals surface area contributed by atoms with E-state index in [9.17, 15) is 14.4 Å². The molecule has 3 rings (SSSR count). The summed E-state index contributed by atoms with van der Waals surface area (Å²) in [7, 11) is 0. The summed E-state index contributed by atoms with van der Waals surface area (Å²) in [6.07, 6.45) is 0.645. The van der Waals surface area contributed by atoms with Crippen LogP contribution in [0.5, 0.6) is 5.75 Å². The molecule has 0 bridgehead atoms. The fourth-order valence-corrected chi connectivity index (χ4v) is 3.75. The van der Waals surface area contributed by atoms with Gasteiger partial charge in [-0.25, -0.2) is 4.79 Å². The minimum atomic E-state index is -0.698. The van der Waals surface area contributed by atoms with Crippen molar-refractivity contribution >= 4 is 17.4 Å². The molecule has 1 amide bonds. The maximum absolute atomic E-state index is 13.3. The standard InChI is InChI=1S/C26H32N4O4/c1-17(2)13-14-29(21(31)16-34-23-18(3)9-8-10-19(23)4)22-24(27)30(26(33)28-25(22)32)15-20-11-6-5-7-12-20/h5-12,17H,13-16,27H2,1-4H3,(H,28,32,33). The molecule has 0 saturated heterocycles. The Kier molecular flexibility index (Phi) is 7.94. The SMILES string of the molecule is Cc1cccc(C)c1OCC(=O)N(CCC(C)C)c1c(N)n(Cc2ccccc2)c(=O)[nH]c1=O. The van der Waals surface area contributed by atoms with Gasteiger partial charge in [-0.2, -0.15) is 0 Å². The number of nitrogens with zero attached hydrogens (tertiary/aromatic N) is 2. The molecular weight excluding hydrogens is 432 g/mol. The maximum Gasteiger partial charge on any atom is 0.330 e. The third-order valence-corrected chi connectivity index (χ3v) is 5.65. The number of para-hydroxylation sites is 1. The van der Waals surface area contributed by atoms with Gasteiger partial charge in [0, 0.05) is 6.54 Å². The molecule has 1 aromatic heterocycles. The van der Waals surface area contributed by atoms with E-state index in [1.54, 1.807) is 0 Å². The first-order valence-corrected chi connectivity index (χ1v) is 11.3. The molecule has 3 N–H and O–H groups in total. The minimum Gasteiger partial charge on any atom is -0.483 e. The van der Waals surface area contributed by atoms with Gasteiger partial charge < -0.3 is 15.4 Å². The lowest BCUT2D eigenvalue weighted by molar-refractivity contribution is -0.120. The van der Waals surface area contributed by atoms with Crippen LogP contribution in [0.25, 0.3) is 0 Å². The van der Waals surface area contributed by atoms with Crippen LogP contribution in [0.4, 0.5) is 11.5 Å². The summed E-state index contributed by atoms with van der Waals surface area (Å²) >= 11 is 0. The van der Waals surface area contributed by atoms with Gasteiger partial charge in [-0.15, -0.1) is 0 Å². The van der Waals surface area contributed by atoms with E-state index in [0.717, 1.165) is 16.7 Å². The van der Waals surface area contributed by atoms with Crippen LogP contribution in [0, 0.1) is 19.8 Å². The number of nitrogens with one attached hydrogen (secondary N) is 1. The van der Waals surface area contributed by atoms with Crippen molar-refractivity contribution in [3.8, 4) is 5.75 Å². The van der Waals surface area contributed by atoms with E-state index in [4.69, 9.17) is 10.5 Å². The number of benzene rings is 2. The third-order valence-electron chi connectivity index (χ3n) is 5.65. The zero-order valence-electron chi connectivity index (χ0n) is 20.1. The summed E-state index contributed by atoms with van der Waals surface area (Å²) in [6.45, 7) is 8.04. The molecule has 2 aromatic carbocycles. The van der Waals surface area contributed by atoms with Gasteiger partial charge in [0.1, 0.15) is 11.6 Å². The molecule has 0 spiro atoms. The molecule has 0 aliphatic heterocycles. The predicted octanol–water partition coefficient (Wildman–Crippen LogP) is 3.24. The van der Waals surface area contributed by atoms with Crippen molar-refractivity contribution in [2.75, 3.05) is 23.8 Å². The van der Waals surface area contributed by atoms with Crippen molar-refractivity contribution in [1.82, 2.24) is 9.55 Å². The third kappa shape index (κ3) is 5.75. The number of hydrogen-bond acceptors (Lipinski definition) is 5. The summed E-state index contributed by atoms with van der Waals surface area (Å²) in [5.74, 6) is 0.452. The zero-order chi connectivity index (χ0) is 24.8. The molecule has 0 radical (unpaired) electrons. The molecule has 34 heavy (non-hydrogen) atoms. The first-order valence-electron chi connectivity index (χ1n) is 11.3. The normalized spacial score (nSPS) is 11.0. The second kappa shape index (κ2) is 10.9. The van der Waals surface area contributed by atoms with Crippen molar-refractivity contribution in [2.45, 2.75) is 40.7 Å². The van der Waals surface area contributed by atoms with Crippen LogP contribution in [-0.4, -0.2) is 28.6 Å². The van der Waals surface area contributed by atoms with E-state index in [1.807, 2.05) is 76.2 Å². The molecule has 8 nitrogen and oxygen atoms in total. The lowest BCUT2D eigenvalue weighted by Crippen LogP contribution is -2.43. The monoisotopic (exact) mass is 464 g/mol. The Hall–Kier alpha value is -3.81. The summed E-state index contributed by atoms with van der Waals surface area (Å²) in [4.78, 5) is 42.4. The quantitative estimate of drug-likeness (QED) is 0.505. The highest BCUT2D eigenvalue weighted by molar-refractivity contribution is 5.96. The highest BCUT2D eigenvalue weighted by atomic mass is 16.5. The summed E-state index contributed by atoms with van der Waals surface area (Å²) in [5.41, 5.74) is 7.65. The van der Waals surface area contributed by atoms with Crippen molar-refractivity contribution in [2.24, 2.45) is 5.92 Å². The Bertz CT molecular complexity index is 1240. The maximum atomic E-state index is 13.3. The van der Waals surface area contributed by atoms with E-state index >= 15 is 0 Å². The molecule has 3 aromatic rings. The van der Waals surface area contributed by atoms with Crippen molar-refractivity contribution in [3.63, 3.8) is 0 Å². The Morgan fingerprint density at radius 3 is 2.32 bits per heavy atom. The fourth-order valence-electron chi connectivity index (χ4n) is 3.75. The second-order valence-corrected chi connectivity index (χ2v) is 8.80. The number of carbonyl (C=O) groups excluding carboxylic acids is 1.